The van der Waals surface area contributed by atoms with Crippen molar-refractivity contribution in [1.82, 2.24) is 5.32 Å². The van der Waals surface area contributed by atoms with E-state index in [2.05, 4.69) is 5.32 Å². The third-order valence-corrected chi connectivity index (χ3v) is 4.22. The molecule has 3 atom stereocenters. The lowest BCUT2D eigenvalue weighted by Crippen LogP contribution is -2.47. The van der Waals surface area contributed by atoms with Crippen LogP contribution in [-0.2, 0) is 14.3 Å². The summed E-state index contributed by atoms with van der Waals surface area (Å²) in [5.74, 6) is -0.899. The maximum atomic E-state index is 11.9. The van der Waals surface area contributed by atoms with Crippen LogP contribution in [0.2, 0.25) is 0 Å². The molecular weight excluding hydrogens is 234 g/mol. The Morgan fingerprint density at radius 1 is 1.39 bits per heavy atom. The van der Waals surface area contributed by atoms with Crippen molar-refractivity contribution >= 4 is 11.9 Å². The number of carbonyl (C=O) groups is 2. The lowest BCUT2D eigenvalue weighted by atomic mass is 9.85. The number of hydrogen-bond acceptors (Lipinski definition) is 3. The van der Waals surface area contributed by atoms with Crippen molar-refractivity contribution in [2.24, 2.45) is 5.41 Å². The molecule has 0 aromatic rings. The number of aliphatic carboxylic acids is 1. The summed E-state index contributed by atoms with van der Waals surface area (Å²) >= 11 is 0. The number of nitrogens with one attached hydrogen (secondary N) is 1. The Morgan fingerprint density at radius 2 is 2.17 bits per heavy atom. The number of carboxylic acid groups (broad SMARTS) is 1. The van der Waals surface area contributed by atoms with Crippen LogP contribution in [-0.4, -0.2) is 35.7 Å². The zero-order valence-corrected chi connectivity index (χ0v) is 10.8. The molecule has 5 nitrogen and oxygen atoms in total. The number of ether oxygens (including phenoxy) is 1. The smallest absolute Gasteiger partial charge is 0.311 e. The minimum absolute atomic E-state index is 0.0162. The summed E-state index contributed by atoms with van der Waals surface area (Å²) in [6.45, 7) is 2.45. The van der Waals surface area contributed by atoms with Crippen LogP contribution >= 0.6 is 0 Å². The summed E-state index contributed by atoms with van der Waals surface area (Å²) in [5.41, 5.74) is -0.813. The van der Waals surface area contributed by atoms with Crippen molar-refractivity contribution in [3.63, 3.8) is 0 Å². The highest BCUT2D eigenvalue weighted by Gasteiger charge is 2.45. The molecule has 0 bridgehead atoms. The molecule has 18 heavy (non-hydrogen) atoms. The minimum Gasteiger partial charge on any atom is -0.481 e. The first-order chi connectivity index (χ1) is 8.52. The first kappa shape index (κ1) is 13.3. The summed E-state index contributed by atoms with van der Waals surface area (Å²) < 4.78 is 5.41. The molecule has 1 amide bonds. The molecule has 1 saturated heterocycles. The van der Waals surface area contributed by atoms with Gasteiger partial charge in [0.25, 0.3) is 0 Å². The van der Waals surface area contributed by atoms with E-state index in [1.165, 1.54) is 0 Å². The van der Waals surface area contributed by atoms with Gasteiger partial charge in [-0.25, -0.2) is 0 Å². The lowest BCUT2D eigenvalue weighted by molar-refractivity contribution is -0.149. The van der Waals surface area contributed by atoms with Crippen LogP contribution in [0.1, 0.15) is 45.4 Å². The van der Waals surface area contributed by atoms with Gasteiger partial charge in [0.05, 0.1) is 17.9 Å². The molecular formula is C13H21NO4. The fourth-order valence-electron chi connectivity index (χ4n) is 2.92. The van der Waals surface area contributed by atoms with E-state index in [1.54, 1.807) is 6.92 Å². The largest absolute Gasteiger partial charge is 0.481 e. The second-order valence-electron chi connectivity index (χ2n) is 5.57. The third kappa shape index (κ3) is 2.66. The molecule has 2 N–H and O–H groups in total. The van der Waals surface area contributed by atoms with Crippen LogP contribution in [0.25, 0.3) is 0 Å². The van der Waals surface area contributed by atoms with Crippen LogP contribution < -0.4 is 5.32 Å². The highest BCUT2D eigenvalue weighted by atomic mass is 16.5. The maximum absolute atomic E-state index is 11.9. The molecule has 0 radical (unpaired) electrons. The van der Waals surface area contributed by atoms with Crippen molar-refractivity contribution in [1.29, 1.82) is 0 Å². The minimum atomic E-state index is -0.817. The number of rotatable bonds is 4. The molecule has 2 aliphatic rings. The quantitative estimate of drug-likeness (QED) is 0.794. The molecule has 2 rings (SSSR count). The number of carbonyl (C=O) groups excluding carboxylic acids is 1. The number of carboxylic acids is 1. The van der Waals surface area contributed by atoms with Gasteiger partial charge in [-0.2, -0.15) is 0 Å². The van der Waals surface area contributed by atoms with Gasteiger partial charge in [0.1, 0.15) is 0 Å². The van der Waals surface area contributed by atoms with Gasteiger partial charge in [0, 0.05) is 12.6 Å². The van der Waals surface area contributed by atoms with E-state index in [1.807, 2.05) is 0 Å². The molecule has 1 aliphatic carbocycles. The zero-order valence-electron chi connectivity index (χ0n) is 10.8. The molecule has 0 aromatic heterocycles. The van der Waals surface area contributed by atoms with Gasteiger partial charge in [-0.15, -0.1) is 0 Å². The predicted molar refractivity (Wildman–Crippen MR) is 65.1 cm³/mol. The fourth-order valence-corrected chi connectivity index (χ4v) is 2.92. The second-order valence-corrected chi connectivity index (χ2v) is 5.57. The Hall–Kier alpha value is -1.10. The van der Waals surface area contributed by atoms with Gasteiger partial charge in [0.15, 0.2) is 0 Å². The summed E-state index contributed by atoms with van der Waals surface area (Å²) in [5, 5.41) is 12.1. The van der Waals surface area contributed by atoms with Crippen molar-refractivity contribution in [2.75, 3.05) is 6.61 Å². The first-order valence-corrected chi connectivity index (χ1v) is 6.67. The predicted octanol–water partition coefficient (Wildman–Crippen LogP) is 1.32. The molecule has 0 aromatic carbocycles. The maximum Gasteiger partial charge on any atom is 0.311 e. The van der Waals surface area contributed by atoms with E-state index in [9.17, 15) is 14.7 Å². The van der Waals surface area contributed by atoms with Crippen molar-refractivity contribution < 1.29 is 19.4 Å². The van der Waals surface area contributed by atoms with E-state index in [0.29, 0.717) is 12.8 Å². The molecule has 5 heteroatoms. The molecule has 2 fully saturated rings. The van der Waals surface area contributed by atoms with Gasteiger partial charge in [0.2, 0.25) is 5.91 Å². The molecule has 1 heterocycles. The van der Waals surface area contributed by atoms with Crippen molar-refractivity contribution in [3.05, 3.63) is 0 Å². The Balaban J connectivity index is 1.88. The second kappa shape index (κ2) is 5.26. The third-order valence-electron chi connectivity index (χ3n) is 4.22. The molecule has 102 valence electrons. The molecule has 1 aliphatic heterocycles. The highest BCUT2D eigenvalue weighted by molar-refractivity contribution is 5.80. The van der Waals surface area contributed by atoms with Gasteiger partial charge in [-0.05, 0) is 32.6 Å². The standard InChI is InChI=1S/C13H21NO4/c1-13(12(16)17)6-2-5-10(13)14-11(15)8-9-4-3-7-18-9/h9-10H,2-8H2,1H3,(H,14,15)(H,16,17). The van der Waals surface area contributed by atoms with Gasteiger partial charge >= 0.3 is 5.97 Å². The van der Waals surface area contributed by atoms with E-state index >= 15 is 0 Å². The normalized spacial score (nSPS) is 35.6. The van der Waals surface area contributed by atoms with Crippen molar-refractivity contribution in [2.45, 2.75) is 57.6 Å². The summed E-state index contributed by atoms with van der Waals surface area (Å²) in [4.78, 5) is 23.2. The van der Waals surface area contributed by atoms with E-state index < -0.39 is 11.4 Å². The van der Waals surface area contributed by atoms with Gasteiger partial charge in [-0.1, -0.05) is 6.42 Å². The molecule has 1 saturated carbocycles. The zero-order chi connectivity index (χ0) is 13.2. The van der Waals surface area contributed by atoms with Crippen LogP contribution in [0, 0.1) is 5.41 Å². The Labute approximate surface area is 107 Å². The van der Waals surface area contributed by atoms with E-state index in [0.717, 1.165) is 32.3 Å². The van der Waals surface area contributed by atoms with Crippen LogP contribution in [0.5, 0.6) is 0 Å². The summed E-state index contributed by atoms with van der Waals surface area (Å²) in [6.07, 6.45) is 4.54. The Bertz CT molecular complexity index is 338. The SMILES string of the molecule is CC1(C(=O)O)CCCC1NC(=O)CC1CCCO1. The number of hydrogen-bond donors (Lipinski definition) is 2. The van der Waals surface area contributed by atoms with Crippen LogP contribution in [0.3, 0.4) is 0 Å². The number of amides is 1. The lowest BCUT2D eigenvalue weighted by Gasteiger charge is -2.28. The molecule has 0 spiro atoms. The van der Waals surface area contributed by atoms with Gasteiger partial charge in [-0.3, -0.25) is 9.59 Å². The monoisotopic (exact) mass is 255 g/mol. The average Bonchev–Trinajstić information content (AvgIpc) is 2.90. The van der Waals surface area contributed by atoms with E-state index in [-0.39, 0.29) is 18.1 Å². The molecule has 3 unspecified atom stereocenters. The Morgan fingerprint density at radius 3 is 2.78 bits per heavy atom. The topological polar surface area (TPSA) is 75.6 Å². The summed E-state index contributed by atoms with van der Waals surface area (Å²) in [7, 11) is 0. The Kier molecular flexibility index (Phi) is 3.90. The first-order valence-electron chi connectivity index (χ1n) is 6.67. The highest BCUT2D eigenvalue weighted by Crippen LogP contribution is 2.38. The van der Waals surface area contributed by atoms with Crippen LogP contribution in [0.15, 0.2) is 0 Å². The van der Waals surface area contributed by atoms with Crippen LogP contribution in [0.4, 0.5) is 0 Å². The van der Waals surface area contributed by atoms with Gasteiger partial charge < -0.3 is 15.2 Å². The van der Waals surface area contributed by atoms with Crippen molar-refractivity contribution in [3.8, 4) is 0 Å². The van der Waals surface area contributed by atoms with E-state index in [4.69, 9.17) is 4.74 Å². The average molecular weight is 255 g/mol. The fraction of sp³-hybridized carbons (Fsp3) is 0.846. The summed E-state index contributed by atoms with van der Waals surface area (Å²) in [6, 6.07) is -0.246.